The molecule has 0 radical (unpaired) electrons. The molecule has 1 aromatic heterocycles. The molecule has 0 saturated carbocycles. The highest BCUT2D eigenvalue weighted by Gasteiger charge is 2.24. The van der Waals surface area contributed by atoms with Crippen LogP contribution >= 0.6 is 11.3 Å². The molecule has 1 saturated heterocycles. The molecule has 1 unspecified atom stereocenters. The Morgan fingerprint density at radius 1 is 1.61 bits per heavy atom. The molecule has 1 fully saturated rings. The van der Waals surface area contributed by atoms with E-state index in [2.05, 4.69) is 16.8 Å². The first kappa shape index (κ1) is 13.6. The maximum Gasteiger partial charge on any atom is 0.225 e. The van der Waals surface area contributed by atoms with E-state index in [9.17, 15) is 4.79 Å². The number of hydrogen-bond acceptors (Lipinski definition) is 3. The topological polar surface area (TPSA) is 29.5 Å². The Labute approximate surface area is 113 Å². The Hall–Kier alpha value is -0.870. The molecule has 2 rings (SSSR count). The molecule has 3 nitrogen and oxygen atoms in total. The van der Waals surface area contributed by atoms with E-state index in [1.54, 1.807) is 11.3 Å². The minimum atomic E-state index is 0.0463. The van der Waals surface area contributed by atoms with E-state index in [0.29, 0.717) is 6.54 Å². The van der Waals surface area contributed by atoms with Gasteiger partial charge in [0.1, 0.15) is 0 Å². The Morgan fingerprint density at radius 3 is 3.00 bits per heavy atom. The zero-order valence-electron chi connectivity index (χ0n) is 11.1. The Balaban J connectivity index is 1.99. The standard InChI is InChI=1S/C14H21NO2S/c1-11(2)14(16)15(8-12-5-7-18-10-12)9-13-4-3-6-17-13/h5,7,10-11,13H,3-4,6,8-9H2,1-2H3. The van der Waals surface area contributed by atoms with Crippen LogP contribution in [0.15, 0.2) is 16.8 Å². The van der Waals surface area contributed by atoms with E-state index in [4.69, 9.17) is 4.74 Å². The predicted molar refractivity (Wildman–Crippen MR) is 73.5 cm³/mol. The molecule has 1 aromatic rings. The smallest absolute Gasteiger partial charge is 0.225 e. The van der Waals surface area contributed by atoms with Crippen molar-refractivity contribution >= 4 is 17.2 Å². The first-order valence-electron chi connectivity index (χ1n) is 6.58. The molecule has 1 atom stereocenters. The highest BCUT2D eigenvalue weighted by molar-refractivity contribution is 7.07. The van der Waals surface area contributed by atoms with Gasteiger partial charge in [-0.1, -0.05) is 13.8 Å². The molecule has 0 aliphatic carbocycles. The van der Waals surface area contributed by atoms with Crippen molar-refractivity contribution in [2.75, 3.05) is 13.2 Å². The second-order valence-corrected chi connectivity index (χ2v) is 5.92. The van der Waals surface area contributed by atoms with Crippen LogP contribution in [0.25, 0.3) is 0 Å². The lowest BCUT2D eigenvalue weighted by molar-refractivity contribution is -0.136. The van der Waals surface area contributed by atoms with Crippen LogP contribution in [0.1, 0.15) is 32.3 Å². The third kappa shape index (κ3) is 3.56. The number of ether oxygens (including phenoxy) is 1. The fourth-order valence-corrected chi connectivity index (χ4v) is 2.89. The molecular weight excluding hydrogens is 246 g/mol. The van der Waals surface area contributed by atoms with Gasteiger partial charge < -0.3 is 9.64 Å². The van der Waals surface area contributed by atoms with Gasteiger partial charge in [-0.15, -0.1) is 0 Å². The molecule has 100 valence electrons. The first-order valence-corrected chi connectivity index (χ1v) is 7.52. The van der Waals surface area contributed by atoms with Crippen LogP contribution in [-0.4, -0.2) is 30.1 Å². The molecule has 18 heavy (non-hydrogen) atoms. The molecule has 4 heteroatoms. The summed E-state index contributed by atoms with van der Waals surface area (Å²) in [4.78, 5) is 14.2. The minimum absolute atomic E-state index is 0.0463. The molecule has 0 aromatic carbocycles. The quantitative estimate of drug-likeness (QED) is 0.821. The molecule has 1 aliphatic rings. The molecular formula is C14H21NO2S. The number of nitrogens with zero attached hydrogens (tertiary/aromatic N) is 1. The van der Waals surface area contributed by atoms with Gasteiger partial charge in [0, 0.05) is 25.6 Å². The SMILES string of the molecule is CC(C)C(=O)N(Cc1ccsc1)CC1CCCO1. The Kier molecular flexibility index (Phi) is 4.78. The molecule has 1 aliphatic heterocycles. The van der Waals surface area contributed by atoms with Gasteiger partial charge in [0.2, 0.25) is 5.91 Å². The van der Waals surface area contributed by atoms with E-state index in [0.717, 1.165) is 26.0 Å². The van der Waals surface area contributed by atoms with Gasteiger partial charge in [0.05, 0.1) is 6.10 Å². The minimum Gasteiger partial charge on any atom is -0.376 e. The number of thiophene rings is 1. The second kappa shape index (κ2) is 6.34. The van der Waals surface area contributed by atoms with Crippen molar-refractivity contribution < 1.29 is 9.53 Å². The van der Waals surface area contributed by atoms with E-state index in [-0.39, 0.29) is 17.9 Å². The zero-order valence-corrected chi connectivity index (χ0v) is 11.9. The van der Waals surface area contributed by atoms with E-state index >= 15 is 0 Å². The van der Waals surface area contributed by atoms with Crippen LogP contribution in [0.2, 0.25) is 0 Å². The summed E-state index contributed by atoms with van der Waals surface area (Å²) in [6, 6.07) is 2.08. The summed E-state index contributed by atoms with van der Waals surface area (Å²) in [6.45, 7) is 6.19. The Morgan fingerprint density at radius 2 is 2.44 bits per heavy atom. The number of carbonyl (C=O) groups is 1. The fraction of sp³-hybridized carbons (Fsp3) is 0.643. The van der Waals surface area contributed by atoms with Crippen molar-refractivity contribution in [3.8, 4) is 0 Å². The van der Waals surface area contributed by atoms with Crippen LogP contribution in [0.5, 0.6) is 0 Å². The lowest BCUT2D eigenvalue weighted by Gasteiger charge is -2.26. The normalized spacial score (nSPS) is 19.4. The van der Waals surface area contributed by atoms with Gasteiger partial charge in [-0.2, -0.15) is 11.3 Å². The lowest BCUT2D eigenvalue weighted by atomic mass is 10.1. The second-order valence-electron chi connectivity index (χ2n) is 5.14. The van der Waals surface area contributed by atoms with Gasteiger partial charge in [-0.05, 0) is 35.2 Å². The number of hydrogen-bond donors (Lipinski definition) is 0. The van der Waals surface area contributed by atoms with Crippen molar-refractivity contribution in [3.63, 3.8) is 0 Å². The van der Waals surface area contributed by atoms with Crippen LogP contribution in [0, 0.1) is 5.92 Å². The summed E-state index contributed by atoms with van der Waals surface area (Å²) in [5.74, 6) is 0.265. The summed E-state index contributed by atoms with van der Waals surface area (Å²) in [5, 5.41) is 4.16. The third-order valence-corrected chi connectivity index (χ3v) is 3.94. The van der Waals surface area contributed by atoms with Crippen molar-refractivity contribution in [1.29, 1.82) is 0 Å². The highest BCUT2D eigenvalue weighted by atomic mass is 32.1. The van der Waals surface area contributed by atoms with Crippen molar-refractivity contribution in [3.05, 3.63) is 22.4 Å². The highest BCUT2D eigenvalue weighted by Crippen LogP contribution is 2.17. The zero-order chi connectivity index (χ0) is 13.0. The molecule has 1 amide bonds. The largest absolute Gasteiger partial charge is 0.376 e. The monoisotopic (exact) mass is 267 g/mol. The maximum atomic E-state index is 12.2. The summed E-state index contributed by atoms with van der Waals surface area (Å²) in [5.41, 5.74) is 1.21. The van der Waals surface area contributed by atoms with E-state index in [1.807, 2.05) is 18.7 Å². The van der Waals surface area contributed by atoms with Crippen molar-refractivity contribution in [1.82, 2.24) is 4.90 Å². The lowest BCUT2D eigenvalue weighted by Crippen LogP contribution is -2.39. The van der Waals surface area contributed by atoms with Crippen LogP contribution < -0.4 is 0 Å². The third-order valence-electron chi connectivity index (χ3n) is 3.21. The van der Waals surface area contributed by atoms with Gasteiger partial charge in [-0.25, -0.2) is 0 Å². The van der Waals surface area contributed by atoms with E-state index < -0.39 is 0 Å². The molecule has 0 N–H and O–H groups in total. The predicted octanol–water partition coefficient (Wildman–Crippen LogP) is 2.91. The van der Waals surface area contributed by atoms with Gasteiger partial charge >= 0.3 is 0 Å². The van der Waals surface area contributed by atoms with E-state index in [1.165, 1.54) is 5.56 Å². The van der Waals surface area contributed by atoms with Gasteiger partial charge in [0.15, 0.2) is 0 Å². The summed E-state index contributed by atoms with van der Waals surface area (Å²) in [6.07, 6.45) is 2.42. The number of amides is 1. The number of carbonyl (C=O) groups excluding carboxylic acids is 1. The van der Waals surface area contributed by atoms with Crippen molar-refractivity contribution in [2.24, 2.45) is 5.92 Å². The van der Waals surface area contributed by atoms with Crippen LogP contribution in [0.4, 0.5) is 0 Å². The molecule has 2 heterocycles. The summed E-state index contributed by atoms with van der Waals surface area (Å²) in [7, 11) is 0. The number of rotatable bonds is 5. The molecule has 0 spiro atoms. The average Bonchev–Trinajstić information content (AvgIpc) is 2.99. The van der Waals surface area contributed by atoms with Crippen LogP contribution in [-0.2, 0) is 16.1 Å². The van der Waals surface area contributed by atoms with Crippen LogP contribution in [0.3, 0.4) is 0 Å². The van der Waals surface area contributed by atoms with Gasteiger partial charge in [0.25, 0.3) is 0 Å². The maximum absolute atomic E-state index is 12.2. The fourth-order valence-electron chi connectivity index (χ4n) is 2.23. The first-order chi connectivity index (χ1) is 8.66. The summed E-state index contributed by atoms with van der Waals surface area (Å²) < 4.78 is 5.64. The summed E-state index contributed by atoms with van der Waals surface area (Å²) >= 11 is 1.68. The molecule has 0 bridgehead atoms. The van der Waals surface area contributed by atoms with Gasteiger partial charge in [-0.3, -0.25) is 4.79 Å². The Bertz CT molecular complexity index is 369. The van der Waals surface area contributed by atoms with Crippen molar-refractivity contribution in [2.45, 2.75) is 39.3 Å². The average molecular weight is 267 g/mol.